The Labute approximate surface area is 170 Å². The molecule has 0 aromatic heterocycles. The molecule has 1 aliphatic rings. The number of halogens is 3. The minimum atomic E-state index is -1.17. The molecule has 158 valence electrons. The summed E-state index contributed by atoms with van der Waals surface area (Å²) in [5.74, 6) is -2.66. The van der Waals surface area contributed by atoms with Crippen LogP contribution >= 0.6 is 0 Å². The predicted octanol–water partition coefficient (Wildman–Crippen LogP) is 6.55. The average Bonchev–Trinajstić information content (AvgIpc) is 2.71. The van der Waals surface area contributed by atoms with Crippen LogP contribution in [0, 0.1) is 23.4 Å². The van der Waals surface area contributed by atoms with Crippen molar-refractivity contribution in [2.75, 3.05) is 0 Å². The van der Waals surface area contributed by atoms with Crippen LogP contribution in [0.2, 0.25) is 0 Å². The fourth-order valence-corrected chi connectivity index (χ4v) is 4.43. The van der Waals surface area contributed by atoms with Crippen LogP contribution in [0.4, 0.5) is 13.2 Å². The van der Waals surface area contributed by atoms with E-state index in [9.17, 15) is 23.4 Å². The maximum atomic E-state index is 14.3. The van der Waals surface area contributed by atoms with Crippen LogP contribution in [-0.2, 0) is 6.42 Å². The fourth-order valence-electron chi connectivity index (χ4n) is 4.43. The Balaban J connectivity index is 1.53. The first-order valence-electron chi connectivity index (χ1n) is 10.5. The summed E-state index contributed by atoms with van der Waals surface area (Å²) in [7, 11) is 0. The SMILES string of the molecule is CCCC(O)c1ccc(CCC2CCC(c3ccc(O)c(F)c3F)CC2)cc1F. The van der Waals surface area contributed by atoms with Crippen molar-refractivity contribution in [3.05, 3.63) is 64.5 Å². The lowest BCUT2D eigenvalue weighted by Gasteiger charge is -2.29. The van der Waals surface area contributed by atoms with E-state index in [0.29, 0.717) is 23.5 Å². The number of benzene rings is 2. The van der Waals surface area contributed by atoms with Gasteiger partial charge in [0.1, 0.15) is 5.82 Å². The van der Waals surface area contributed by atoms with Crippen molar-refractivity contribution in [2.24, 2.45) is 5.92 Å². The van der Waals surface area contributed by atoms with E-state index in [1.54, 1.807) is 6.07 Å². The van der Waals surface area contributed by atoms with Gasteiger partial charge in [0.2, 0.25) is 5.82 Å². The molecule has 0 bridgehead atoms. The largest absolute Gasteiger partial charge is 0.505 e. The van der Waals surface area contributed by atoms with Gasteiger partial charge in [0.15, 0.2) is 11.6 Å². The molecule has 0 saturated heterocycles. The molecule has 3 rings (SSSR count). The Morgan fingerprint density at radius 3 is 2.38 bits per heavy atom. The Bertz CT molecular complexity index is 829. The lowest BCUT2D eigenvalue weighted by molar-refractivity contribution is 0.162. The van der Waals surface area contributed by atoms with Crippen LogP contribution in [0.25, 0.3) is 0 Å². The molecule has 0 radical (unpaired) electrons. The van der Waals surface area contributed by atoms with Gasteiger partial charge in [0.25, 0.3) is 0 Å². The Morgan fingerprint density at radius 2 is 1.72 bits per heavy atom. The van der Waals surface area contributed by atoms with E-state index in [1.165, 1.54) is 18.2 Å². The predicted molar refractivity (Wildman–Crippen MR) is 107 cm³/mol. The molecular weight excluding hydrogens is 377 g/mol. The van der Waals surface area contributed by atoms with Crippen LogP contribution in [0.15, 0.2) is 30.3 Å². The average molecular weight is 406 g/mol. The van der Waals surface area contributed by atoms with Gasteiger partial charge in [-0.05, 0) is 80.0 Å². The molecule has 0 amide bonds. The number of hydrogen-bond acceptors (Lipinski definition) is 2. The highest BCUT2D eigenvalue weighted by molar-refractivity contribution is 5.32. The van der Waals surface area contributed by atoms with Crippen molar-refractivity contribution in [1.82, 2.24) is 0 Å². The number of aromatic hydroxyl groups is 1. The van der Waals surface area contributed by atoms with Gasteiger partial charge in [0, 0.05) is 5.56 Å². The van der Waals surface area contributed by atoms with Gasteiger partial charge < -0.3 is 10.2 Å². The quantitative estimate of drug-likeness (QED) is 0.547. The van der Waals surface area contributed by atoms with Gasteiger partial charge in [-0.25, -0.2) is 8.78 Å². The standard InChI is InChI=1S/C24H29F3O2/c1-2-3-21(28)19-11-8-16(14-20(19)25)5-4-15-6-9-17(10-7-15)18-12-13-22(29)24(27)23(18)26/h8,11-15,17,21,28-29H,2-7,9-10H2,1H3. The van der Waals surface area contributed by atoms with E-state index in [2.05, 4.69) is 0 Å². The summed E-state index contributed by atoms with van der Waals surface area (Å²) in [6.45, 7) is 1.96. The van der Waals surface area contributed by atoms with Crippen LogP contribution in [0.5, 0.6) is 5.75 Å². The first-order valence-corrected chi connectivity index (χ1v) is 10.5. The van der Waals surface area contributed by atoms with Crippen LogP contribution < -0.4 is 0 Å². The number of rotatable bonds is 7. The van der Waals surface area contributed by atoms with E-state index >= 15 is 0 Å². The third kappa shape index (κ3) is 5.13. The second-order valence-electron chi connectivity index (χ2n) is 8.22. The summed E-state index contributed by atoms with van der Waals surface area (Å²) in [4.78, 5) is 0. The molecule has 1 unspecified atom stereocenters. The highest BCUT2D eigenvalue weighted by Crippen LogP contribution is 2.39. The summed E-state index contributed by atoms with van der Waals surface area (Å²) in [5.41, 5.74) is 1.63. The van der Waals surface area contributed by atoms with Gasteiger partial charge in [-0.15, -0.1) is 0 Å². The molecule has 0 heterocycles. The molecule has 2 nitrogen and oxygen atoms in total. The second-order valence-corrected chi connectivity index (χ2v) is 8.22. The Morgan fingerprint density at radius 1 is 1.00 bits per heavy atom. The molecule has 0 spiro atoms. The molecule has 29 heavy (non-hydrogen) atoms. The molecule has 1 fully saturated rings. The van der Waals surface area contributed by atoms with E-state index < -0.39 is 23.5 Å². The molecule has 5 heteroatoms. The highest BCUT2D eigenvalue weighted by atomic mass is 19.2. The van der Waals surface area contributed by atoms with Crippen molar-refractivity contribution in [3.8, 4) is 5.75 Å². The van der Waals surface area contributed by atoms with E-state index in [4.69, 9.17) is 0 Å². The maximum Gasteiger partial charge on any atom is 0.200 e. The molecule has 1 atom stereocenters. The number of aryl methyl sites for hydroxylation is 1. The fraction of sp³-hybridized carbons (Fsp3) is 0.500. The topological polar surface area (TPSA) is 40.5 Å². The summed E-state index contributed by atoms with van der Waals surface area (Å²) < 4.78 is 42.0. The van der Waals surface area contributed by atoms with Crippen LogP contribution in [0.3, 0.4) is 0 Å². The van der Waals surface area contributed by atoms with Crippen molar-refractivity contribution in [3.63, 3.8) is 0 Å². The molecule has 0 aliphatic heterocycles. The third-order valence-electron chi connectivity index (χ3n) is 6.21. The van der Waals surface area contributed by atoms with Gasteiger partial charge in [-0.1, -0.05) is 31.5 Å². The molecule has 1 saturated carbocycles. The monoisotopic (exact) mass is 406 g/mol. The van der Waals surface area contributed by atoms with Gasteiger partial charge >= 0.3 is 0 Å². The summed E-state index contributed by atoms with van der Waals surface area (Å²) in [5, 5.41) is 19.3. The first kappa shape index (κ1) is 21.7. The molecular formula is C24H29F3O2. The molecule has 2 aromatic rings. The van der Waals surface area contributed by atoms with Crippen LogP contribution in [0.1, 0.15) is 80.6 Å². The van der Waals surface area contributed by atoms with Gasteiger partial charge in [0.05, 0.1) is 6.10 Å². The molecule has 1 aliphatic carbocycles. The Hall–Kier alpha value is -2.01. The van der Waals surface area contributed by atoms with Gasteiger partial charge in [-0.3, -0.25) is 0 Å². The summed E-state index contributed by atoms with van der Waals surface area (Å²) >= 11 is 0. The van der Waals surface area contributed by atoms with Gasteiger partial charge in [-0.2, -0.15) is 4.39 Å². The highest BCUT2D eigenvalue weighted by Gasteiger charge is 2.26. The smallest absolute Gasteiger partial charge is 0.200 e. The number of aliphatic hydroxyl groups excluding tert-OH is 1. The van der Waals surface area contributed by atoms with Crippen molar-refractivity contribution in [2.45, 2.75) is 70.3 Å². The minimum Gasteiger partial charge on any atom is -0.505 e. The summed E-state index contributed by atoms with van der Waals surface area (Å²) in [6, 6.07) is 7.79. The lowest BCUT2D eigenvalue weighted by Crippen LogP contribution is -2.15. The maximum absolute atomic E-state index is 14.3. The van der Waals surface area contributed by atoms with Crippen molar-refractivity contribution in [1.29, 1.82) is 0 Å². The summed E-state index contributed by atoms with van der Waals surface area (Å²) in [6.07, 6.45) is 5.68. The number of hydrogen-bond donors (Lipinski definition) is 2. The zero-order valence-corrected chi connectivity index (χ0v) is 16.8. The van der Waals surface area contributed by atoms with Crippen molar-refractivity contribution >= 4 is 0 Å². The molecule has 2 aromatic carbocycles. The normalized spacial score (nSPS) is 20.6. The van der Waals surface area contributed by atoms with E-state index in [-0.39, 0.29) is 11.7 Å². The van der Waals surface area contributed by atoms with E-state index in [1.807, 2.05) is 13.0 Å². The number of aliphatic hydroxyl groups is 1. The third-order valence-corrected chi connectivity index (χ3v) is 6.21. The number of phenolic OH excluding ortho intramolecular Hbond substituents is 1. The first-order chi connectivity index (χ1) is 13.9. The lowest BCUT2D eigenvalue weighted by atomic mass is 9.76. The Kier molecular flexibility index (Phi) is 7.23. The molecule has 2 N–H and O–H groups in total. The minimum absolute atomic E-state index is 0.0295. The second kappa shape index (κ2) is 9.66. The zero-order chi connectivity index (χ0) is 21.0. The van der Waals surface area contributed by atoms with Crippen molar-refractivity contribution < 1.29 is 23.4 Å². The van der Waals surface area contributed by atoms with Crippen LogP contribution in [-0.4, -0.2) is 10.2 Å². The van der Waals surface area contributed by atoms with E-state index in [0.717, 1.165) is 50.5 Å². The number of phenols is 1. The zero-order valence-electron chi connectivity index (χ0n) is 16.8.